The van der Waals surface area contributed by atoms with Gasteiger partial charge in [-0.3, -0.25) is 4.68 Å². The molecule has 6 nitrogen and oxygen atoms in total. The van der Waals surface area contributed by atoms with Gasteiger partial charge in [-0.05, 0) is 47.1 Å². The van der Waals surface area contributed by atoms with E-state index in [-0.39, 0.29) is 11.6 Å². The Bertz CT molecular complexity index is 801. The molecule has 0 saturated heterocycles. The fraction of sp³-hybridized carbons (Fsp3) is 0.214. The normalized spacial score (nSPS) is 11.2. The van der Waals surface area contributed by atoms with Crippen molar-refractivity contribution in [1.82, 2.24) is 20.0 Å². The minimum Gasteiger partial charge on any atom is -0.435 e. The van der Waals surface area contributed by atoms with E-state index in [4.69, 9.17) is 4.42 Å². The molecule has 0 unspecified atom stereocenters. The molecule has 0 radical (unpaired) electrons. The topological polar surface area (TPSA) is 66.0 Å². The summed E-state index contributed by atoms with van der Waals surface area (Å²) in [7, 11) is 0. The number of nitrogens with zero attached hydrogens (tertiary/aromatic N) is 4. The van der Waals surface area contributed by atoms with E-state index in [1.165, 1.54) is 12.1 Å². The lowest BCUT2D eigenvalue weighted by Crippen LogP contribution is -2.01. The first-order valence-electron chi connectivity index (χ1n) is 6.69. The van der Waals surface area contributed by atoms with E-state index in [0.29, 0.717) is 23.7 Å². The third-order valence-electron chi connectivity index (χ3n) is 3.05. The maximum absolute atomic E-state index is 12.1. The molecule has 0 bridgehead atoms. The molecule has 9 heteroatoms. The van der Waals surface area contributed by atoms with Crippen LogP contribution in [0.2, 0.25) is 0 Å². The first kappa shape index (κ1) is 15.6. The summed E-state index contributed by atoms with van der Waals surface area (Å²) in [6, 6.07) is 5.97. The van der Waals surface area contributed by atoms with Crippen molar-refractivity contribution >= 4 is 15.9 Å². The molecule has 3 rings (SSSR count). The van der Waals surface area contributed by atoms with Crippen LogP contribution in [0.3, 0.4) is 0 Å². The molecule has 0 atom stereocenters. The lowest BCUT2D eigenvalue weighted by atomic mass is 10.2. The van der Waals surface area contributed by atoms with Crippen molar-refractivity contribution in [3.63, 3.8) is 0 Å². The van der Waals surface area contributed by atoms with Crippen molar-refractivity contribution in [3.05, 3.63) is 34.9 Å². The van der Waals surface area contributed by atoms with E-state index in [2.05, 4.69) is 36.0 Å². The summed E-state index contributed by atoms with van der Waals surface area (Å²) in [6.07, 6.45) is 1.65. The lowest BCUT2D eigenvalue weighted by molar-refractivity contribution is -0.0498. The van der Waals surface area contributed by atoms with Crippen molar-refractivity contribution in [2.75, 3.05) is 0 Å². The predicted octanol–water partition coefficient (Wildman–Crippen LogP) is 3.98. The second-order valence-electron chi connectivity index (χ2n) is 4.47. The van der Waals surface area contributed by atoms with Crippen LogP contribution in [0.1, 0.15) is 6.92 Å². The van der Waals surface area contributed by atoms with E-state index in [1.807, 2.05) is 6.92 Å². The molecule has 0 spiro atoms. The van der Waals surface area contributed by atoms with Gasteiger partial charge in [-0.25, -0.2) is 0 Å². The van der Waals surface area contributed by atoms with Crippen LogP contribution < -0.4 is 4.74 Å². The van der Waals surface area contributed by atoms with E-state index < -0.39 is 6.61 Å². The van der Waals surface area contributed by atoms with Crippen molar-refractivity contribution < 1.29 is 17.9 Å². The maximum atomic E-state index is 12.1. The first-order valence-corrected chi connectivity index (χ1v) is 7.48. The highest BCUT2D eigenvalue weighted by Crippen LogP contribution is 2.30. The zero-order valence-electron chi connectivity index (χ0n) is 11.9. The van der Waals surface area contributed by atoms with Gasteiger partial charge < -0.3 is 9.15 Å². The smallest absolute Gasteiger partial charge is 0.387 e. The Morgan fingerprint density at radius 1 is 1.22 bits per heavy atom. The zero-order chi connectivity index (χ0) is 16.4. The molecule has 0 aliphatic carbocycles. The Hall–Kier alpha value is -2.29. The van der Waals surface area contributed by atoms with Crippen LogP contribution in [0.15, 0.2) is 39.4 Å². The third kappa shape index (κ3) is 3.24. The summed E-state index contributed by atoms with van der Waals surface area (Å²) >= 11 is 3.39. The summed E-state index contributed by atoms with van der Waals surface area (Å²) in [4.78, 5) is 0. The van der Waals surface area contributed by atoms with Gasteiger partial charge in [-0.15, -0.1) is 10.2 Å². The van der Waals surface area contributed by atoms with Crippen molar-refractivity contribution in [2.45, 2.75) is 20.1 Å². The number of halogens is 3. The minimum absolute atomic E-state index is 0.0651. The molecule has 23 heavy (non-hydrogen) atoms. The molecule has 0 saturated carbocycles. The van der Waals surface area contributed by atoms with E-state index in [1.54, 1.807) is 23.0 Å². The van der Waals surface area contributed by atoms with Gasteiger partial charge in [0.2, 0.25) is 5.89 Å². The number of rotatable bonds is 5. The molecule has 0 amide bonds. The number of hydrogen-bond acceptors (Lipinski definition) is 5. The van der Waals surface area contributed by atoms with Gasteiger partial charge in [0, 0.05) is 12.1 Å². The quantitative estimate of drug-likeness (QED) is 0.665. The molecule has 0 N–H and O–H groups in total. The summed E-state index contributed by atoms with van der Waals surface area (Å²) in [5.74, 6) is 0.661. The van der Waals surface area contributed by atoms with Crippen LogP contribution >= 0.6 is 15.9 Å². The van der Waals surface area contributed by atoms with Gasteiger partial charge in [0.05, 0.1) is 10.7 Å². The predicted molar refractivity (Wildman–Crippen MR) is 81.0 cm³/mol. The third-order valence-corrected chi connectivity index (χ3v) is 3.63. The Morgan fingerprint density at radius 3 is 2.57 bits per heavy atom. The highest BCUT2D eigenvalue weighted by atomic mass is 79.9. The van der Waals surface area contributed by atoms with Gasteiger partial charge >= 0.3 is 6.61 Å². The molecule has 120 valence electrons. The number of alkyl halides is 2. The van der Waals surface area contributed by atoms with Crippen LogP contribution in [0.5, 0.6) is 5.75 Å². The molecule has 0 fully saturated rings. The van der Waals surface area contributed by atoms with Crippen LogP contribution in [0, 0.1) is 0 Å². The van der Waals surface area contributed by atoms with E-state index in [0.717, 1.165) is 4.47 Å². The highest BCUT2D eigenvalue weighted by molar-refractivity contribution is 9.10. The van der Waals surface area contributed by atoms with E-state index >= 15 is 0 Å². The van der Waals surface area contributed by atoms with Crippen molar-refractivity contribution in [2.24, 2.45) is 0 Å². The van der Waals surface area contributed by atoms with Crippen LogP contribution in [-0.2, 0) is 6.54 Å². The number of aromatic nitrogens is 4. The molecule has 2 aromatic heterocycles. The lowest BCUT2D eigenvalue weighted by Gasteiger charge is -2.03. The zero-order valence-corrected chi connectivity index (χ0v) is 13.5. The van der Waals surface area contributed by atoms with Gasteiger partial charge in [0.15, 0.2) is 0 Å². The molecular weight excluding hydrogens is 374 g/mol. The number of ether oxygens (including phenoxy) is 1. The van der Waals surface area contributed by atoms with Crippen molar-refractivity contribution in [1.29, 1.82) is 0 Å². The number of benzene rings is 1. The minimum atomic E-state index is -2.86. The fourth-order valence-electron chi connectivity index (χ4n) is 2.03. The monoisotopic (exact) mass is 384 g/mol. The van der Waals surface area contributed by atoms with Gasteiger partial charge in [0.1, 0.15) is 11.4 Å². The Labute approximate surface area is 138 Å². The first-order chi connectivity index (χ1) is 11.1. The average molecular weight is 385 g/mol. The maximum Gasteiger partial charge on any atom is 0.387 e. The van der Waals surface area contributed by atoms with Crippen LogP contribution in [0.25, 0.3) is 23.0 Å². The number of aryl methyl sites for hydroxylation is 1. The Morgan fingerprint density at radius 2 is 1.91 bits per heavy atom. The summed E-state index contributed by atoms with van der Waals surface area (Å²) < 4.78 is 36.7. The average Bonchev–Trinajstić information content (AvgIpc) is 3.13. The summed E-state index contributed by atoms with van der Waals surface area (Å²) in [5.41, 5.74) is 1.29. The molecule has 0 aliphatic rings. The van der Waals surface area contributed by atoms with Crippen molar-refractivity contribution in [3.8, 4) is 28.8 Å². The molecule has 0 aliphatic heterocycles. The fourth-order valence-corrected chi connectivity index (χ4v) is 2.50. The van der Waals surface area contributed by atoms with Gasteiger partial charge in [0.25, 0.3) is 5.89 Å². The Balaban J connectivity index is 1.88. The summed E-state index contributed by atoms with van der Waals surface area (Å²) in [6.45, 7) is -0.261. The van der Waals surface area contributed by atoms with Crippen LogP contribution in [0.4, 0.5) is 8.78 Å². The SMILES string of the molecule is CCn1ncc(Br)c1-c1nnc(-c2ccc(OC(F)F)cc2)o1. The molecule has 3 aromatic rings. The standard InChI is InChI=1S/C14H11BrF2N4O2/c1-2-21-11(10(15)7-18-21)13-20-19-12(23-13)8-3-5-9(6-4-8)22-14(16)17/h3-7,14H,2H2,1H3. The number of hydrogen-bond donors (Lipinski definition) is 0. The summed E-state index contributed by atoms with van der Waals surface area (Å²) in [5, 5.41) is 12.2. The van der Waals surface area contributed by atoms with Crippen LogP contribution in [-0.4, -0.2) is 26.6 Å². The largest absolute Gasteiger partial charge is 0.435 e. The highest BCUT2D eigenvalue weighted by Gasteiger charge is 2.18. The second kappa shape index (κ2) is 6.45. The second-order valence-corrected chi connectivity index (χ2v) is 5.33. The molecule has 2 heterocycles. The Kier molecular flexibility index (Phi) is 4.37. The van der Waals surface area contributed by atoms with E-state index in [9.17, 15) is 8.78 Å². The molecular formula is C14H11BrF2N4O2. The van der Waals surface area contributed by atoms with Gasteiger partial charge in [-0.1, -0.05) is 0 Å². The molecule has 1 aromatic carbocycles. The van der Waals surface area contributed by atoms with Gasteiger partial charge in [-0.2, -0.15) is 13.9 Å².